The number of rotatable bonds is 7. The molecule has 0 unspecified atom stereocenters. The minimum Gasteiger partial charge on any atom is -0.468 e. The highest BCUT2D eigenvalue weighted by Crippen LogP contribution is 2.23. The summed E-state index contributed by atoms with van der Waals surface area (Å²) >= 11 is 0. The van der Waals surface area contributed by atoms with Crippen LogP contribution in [0.1, 0.15) is 18.2 Å². The molecule has 7 nitrogen and oxygen atoms in total. The molecule has 0 radical (unpaired) electrons. The van der Waals surface area contributed by atoms with Gasteiger partial charge in [0.05, 0.1) is 23.4 Å². The summed E-state index contributed by atoms with van der Waals surface area (Å²) in [5, 5.41) is 10.9. The van der Waals surface area contributed by atoms with Gasteiger partial charge in [-0.2, -0.15) is 0 Å². The third-order valence-electron chi connectivity index (χ3n) is 3.26. The average molecular weight is 290 g/mol. The van der Waals surface area contributed by atoms with Gasteiger partial charge in [-0.05, 0) is 30.3 Å². The maximum absolute atomic E-state index is 10.9. The van der Waals surface area contributed by atoms with E-state index < -0.39 is 4.92 Å². The highest BCUT2D eigenvalue weighted by molar-refractivity contribution is 5.55. The van der Waals surface area contributed by atoms with Gasteiger partial charge in [0.2, 0.25) is 0 Å². The van der Waals surface area contributed by atoms with Crippen LogP contribution in [0.15, 0.2) is 41.0 Å². The van der Waals surface area contributed by atoms with Crippen LogP contribution in [0.4, 0.5) is 11.4 Å². The molecular formula is C14H18N4O3. The molecule has 2 rings (SSSR count). The third-order valence-corrected chi connectivity index (χ3v) is 3.26. The monoisotopic (exact) mass is 290 g/mol. The van der Waals surface area contributed by atoms with Crippen LogP contribution >= 0.6 is 0 Å². The Morgan fingerprint density at radius 1 is 1.38 bits per heavy atom. The van der Waals surface area contributed by atoms with Gasteiger partial charge in [-0.3, -0.25) is 20.9 Å². The molecule has 0 fully saturated rings. The first-order valence-corrected chi connectivity index (χ1v) is 6.62. The number of anilines is 1. The van der Waals surface area contributed by atoms with E-state index in [1.54, 1.807) is 18.4 Å². The molecule has 7 heteroatoms. The maximum atomic E-state index is 10.9. The second-order valence-electron chi connectivity index (χ2n) is 4.63. The van der Waals surface area contributed by atoms with Crippen LogP contribution < -0.4 is 11.3 Å². The van der Waals surface area contributed by atoms with Crippen LogP contribution in [-0.4, -0.2) is 16.4 Å². The van der Waals surface area contributed by atoms with Crippen molar-refractivity contribution in [2.24, 2.45) is 5.84 Å². The molecule has 1 heterocycles. The van der Waals surface area contributed by atoms with Crippen molar-refractivity contribution in [2.75, 3.05) is 12.0 Å². The van der Waals surface area contributed by atoms with Crippen molar-refractivity contribution in [2.45, 2.75) is 20.0 Å². The van der Waals surface area contributed by atoms with Gasteiger partial charge in [-0.25, -0.2) is 0 Å². The number of nitrogens with one attached hydrogen (secondary N) is 1. The van der Waals surface area contributed by atoms with Crippen molar-refractivity contribution in [3.8, 4) is 0 Å². The third kappa shape index (κ3) is 3.80. The number of non-ortho nitro benzene ring substituents is 1. The van der Waals surface area contributed by atoms with E-state index in [-0.39, 0.29) is 5.69 Å². The normalized spacial score (nSPS) is 10.8. The van der Waals surface area contributed by atoms with Gasteiger partial charge in [0, 0.05) is 18.7 Å². The second-order valence-corrected chi connectivity index (χ2v) is 4.63. The lowest BCUT2D eigenvalue weighted by molar-refractivity contribution is -0.384. The molecule has 21 heavy (non-hydrogen) atoms. The SMILES string of the molecule is CCN(Cc1ccco1)Cc1cc([N+](=O)[O-])ccc1NN. The Morgan fingerprint density at radius 3 is 2.76 bits per heavy atom. The van der Waals surface area contributed by atoms with Crippen molar-refractivity contribution in [3.63, 3.8) is 0 Å². The number of hydrazine groups is 1. The quantitative estimate of drug-likeness (QED) is 0.462. The lowest BCUT2D eigenvalue weighted by Gasteiger charge is -2.20. The van der Waals surface area contributed by atoms with Gasteiger partial charge in [-0.15, -0.1) is 0 Å². The Hall–Kier alpha value is -2.38. The first kappa shape index (κ1) is 15.0. The van der Waals surface area contributed by atoms with E-state index in [1.165, 1.54) is 6.07 Å². The molecule has 0 aliphatic heterocycles. The van der Waals surface area contributed by atoms with Crippen molar-refractivity contribution < 1.29 is 9.34 Å². The fourth-order valence-electron chi connectivity index (χ4n) is 2.11. The highest BCUT2D eigenvalue weighted by Gasteiger charge is 2.14. The summed E-state index contributed by atoms with van der Waals surface area (Å²) in [6.07, 6.45) is 1.63. The minimum absolute atomic E-state index is 0.0538. The predicted octanol–water partition coefficient (Wildman–Crippen LogP) is 2.50. The molecule has 0 aliphatic carbocycles. The van der Waals surface area contributed by atoms with E-state index in [0.29, 0.717) is 18.8 Å². The molecule has 0 amide bonds. The molecule has 0 aliphatic rings. The highest BCUT2D eigenvalue weighted by atomic mass is 16.6. The number of hydrogen-bond acceptors (Lipinski definition) is 6. The lowest BCUT2D eigenvalue weighted by atomic mass is 10.1. The average Bonchev–Trinajstić information content (AvgIpc) is 2.99. The largest absolute Gasteiger partial charge is 0.468 e. The molecule has 0 atom stereocenters. The number of nitrogens with two attached hydrogens (primary N) is 1. The van der Waals surface area contributed by atoms with Crippen LogP contribution in [0.5, 0.6) is 0 Å². The zero-order chi connectivity index (χ0) is 15.2. The van der Waals surface area contributed by atoms with Crippen LogP contribution in [0, 0.1) is 10.1 Å². The molecular weight excluding hydrogens is 272 g/mol. The number of nitro benzene ring substituents is 1. The van der Waals surface area contributed by atoms with Crippen LogP contribution in [0.2, 0.25) is 0 Å². The first-order valence-electron chi connectivity index (χ1n) is 6.62. The zero-order valence-electron chi connectivity index (χ0n) is 11.8. The Kier molecular flexibility index (Phi) is 4.91. The second kappa shape index (κ2) is 6.87. The van der Waals surface area contributed by atoms with E-state index in [9.17, 15) is 10.1 Å². The summed E-state index contributed by atoms with van der Waals surface area (Å²) in [4.78, 5) is 12.6. The number of nitrogen functional groups attached to an aromatic ring is 1. The van der Waals surface area contributed by atoms with E-state index in [2.05, 4.69) is 10.3 Å². The smallest absolute Gasteiger partial charge is 0.269 e. The van der Waals surface area contributed by atoms with E-state index in [1.807, 2.05) is 19.1 Å². The van der Waals surface area contributed by atoms with Crippen LogP contribution in [0.3, 0.4) is 0 Å². The van der Waals surface area contributed by atoms with Crippen molar-refractivity contribution >= 4 is 11.4 Å². The van der Waals surface area contributed by atoms with Gasteiger partial charge in [0.1, 0.15) is 5.76 Å². The van der Waals surface area contributed by atoms with E-state index in [4.69, 9.17) is 10.3 Å². The topological polar surface area (TPSA) is 97.6 Å². The fourth-order valence-corrected chi connectivity index (χ4v) is 2.11. The summed E-state index contributed by atoms with van der Waals surface area (Å²) in [5.74, 6) is 6.32. The molecule has 1 aromatic carbocycles. The molecule has 3 N–H and O–H groups in total. The molecule has 112 valence electrons. The van der Waals surface area contributed by atoms with Crippen LogP contribution in [0.25, 0.3) is 0 Å². The summed E-state index contributed by atoms with van der Waals surface area (Å²) in [5.41, 5.74) is 4.09. The molecule has 0 saturated carbocycles. The van der Waals surface area contributed by atoms with Gasteiger partial charge in [0.15, 0.2) is 0 Å². The Bertz CT molecular complexity index is 598. The first-order chi connectivity index (χ1) is 10.1. The van der Waals surface area contributed by atoms with Gasteiger partial charge in [-0.1, -0.05) is 6.92 Å². The Morgan fingerprint density at radius 2 is 2.19 bits per heavy atom. The van der Waals surface area contributed by atoms with Gasteiger partial charge < -0.3 is 9.84 Å². The maximum Gasteiger partial charge on any atom is 0.269 e. The summed E-state index contributed by atoms with van der Waals surface area (Å²) in [6, 6.07) is 8.33. The van der Waals surface area contributed by atoms with Crippen molar-refractivity contribution in [1.82, 2.24) is 4.90 Å². The number of furan rings is 1. The molecule has 0 bridgehead atoms. The van der Waals surface area contributed by atoms with Crippen molar-refractivity contribution in [1.29, 1.82) is 0 Å². The molecule has 2 aromatic rings. The standard InChI is InChI=1S/C14H18N4O3/c1-2-17(10-13-4-3-7-21-13)9-11-8-12(18(19)20)5-6-14(11)16-15/h3-8,16H,2,9-10,15H2,1H3. The van der Waals surface area contributed by atoms with E-state index >= 15 is 0 Å². The molecule has 0 saturated heterocycles. The number of benzene rings is 1. The Labute approximate surface area is 122 Å². The van der Waals surface area contributed by atoms with E-state index in [0.717, 1.165) is 17.9 Å². The summed E-state index contributed by atoms with van der Waals surface area (Å²) in [7, 11) is 0. The fraction of sp³-hybridized carbons (Fsp3) is 0.286. The van der Waals surface area contributed by atoms with Gasteiger partial charge in [0.25, 0.3) is 5.69 Å². The van der Waals surface area contributed by atoms with Gasteiger partial charge >= 0.3 is 0 Å². The molecule has 0 spiro atoms. The zero-order valence-corrected chi connectivity index (χ0v) is 11.8. The molecule has 1 aromatic heterocycles. The number of nitrogens with zero attached hydrogens (tertiary/aromatic N) is 2. The minimum atomic E-state index is -0.410. The Balaban J connectivity index is 2.18. The van der Waals surface area contributed by atoms with Crippen LogP contribution in [-0.2, 0) is 13.1 Å². The predicted molar refractivity (Wildman–Crippen MR) is 79.4 cm³/mol. The number of hydrogen-bond donors (Lipinski definition) is 2. The lowest BCUT2D eigenvalue weighted by Crippen LogP contribution is -2.23. The number of nitro groups is 1. The summed E-state index contributed by atoms with van der Waals surface area (Å²) in [6.45, 7) is 3.98. The van der Waals surface area contributed by atoms with Crippen molar-refractivity contribution in [3.05, 3.63) is 58.0 Å². The summed E-state index contributed by atoms with van der Waals surface area (Å²) < 4.78 is 5.33.